The lowest BCUT2D eigenvalue weighted by molar-refractivity contribution is 0.220. The Balaban J connectivity index is 0.000000771. The summed E-state index contributed by atoms with van der Waals surface area (Å²) in [6.45, 7) is 8.09. The molecule has 0 radical (unpaired) electrons. The maximum Gasteiger partial charge on any atom is 0.104 e. The van der Waals surface area contributed by atoms with Gasteiger partial charge in [0.2, 0.25) is 0 Å². The molecular formula is C17H22O. The van der Waals surface area contributed by atoms with Gasteiger partial charge in [0.15, 0.2) is 0 Å². The monoisotopic (exact) mass is 242 g/mol. The van der Waals surface area contributed by atoms with Crippen molar-refractivity contribution in [3.05, 3.63) is 70.8 Å². The van der Waals surface area contributed by atoms with E-state index in [2.05, 4.69) is 0 Å². The molecule has 0 amide bonds. The molecule has 18 heavy (non-hydrogen) atoms. The minimum Gasteiger partial charge on any atom is -0.384 e. The number of aliphatic hydroxyl groups excluding tert-OH is 1. The SMILES string of the molecule is CC.Cc1ccc(C(O)c2ccc(C)cc2)cc1. The van der Waals surface area contributed by atoms with Crippen molar-refractivity contribution in [3.63, 3.8) is 0 Å². The first-order valence-electron chi connectivity index (χ1n) is 6.48. The minimum atomic E-state index is -0.527. The fourth-order valence-electron chi connectivity index (χ4n) is 1.69. The average Bonchev–Trinajstić information content (AvgIpc) is 2.42. The molecule has 0 saturated heterocycles. The molecule has 1 N–H and O–H groups in total. The highest BCUT2D eigenvalue weighted by Gasteiger charge is 2.09. The summed E-state index contributed by atoms with van der Waals surface area (Å²) in [5, 5.41) is 10.2. The predicted molar refractivity (Wildman–Crippen MR) is 77.8 cm³/mol. The van der Waals surface area contributed by atoms with Crippen LogP contribution in [0.1, 0.15) is 42.2 Å². The van der Waals surface area contributed by atoms with Crippen LogP contribution in [0.5, 0.6) is 0 Å². The first-order valence-corrected chi connectivity index (χ1v) is 6.48. The molecule has 0 heterocycles. The van der Waals surface area contributed by atoms with Gasteiger partial charge in [0, 0.05) is 0 Å². The second kappa shape index (κ2) is 6.97. The molecule has 0 aliphatic carbocycles. The molecule has 0 bridgehead atoms. The predicted octanol–water partition coefficient (Wildman–Crippen LogP) is 4.41. The minimum absolute atomic E-state index is 0.527. The van der Waals surface area contributed by atoms with E-state index in [-0.39, 0.29) is 0 Å². The summed E-state index contributed by atoms with van der Waals surface area (Å²) in [4.78, 5) is 0. The van der Waals surface area contributed by atoms with E-state index < -0.39 is 6.10 Å². The lowest BCUT2D eigenvalue weighted by Gasteiger charge is -2.11. The number of hydrogen-bond donors (Lipinski definition) is 1. The number of benzene rings is 2. The Kier molecular flexibility index (Phi) is 5.60. The Hall–Kier alpha value is -1.60. The van der Waals surface area contributed by atoms with Crippen molar-refractivity contribution >= 4 is 0 Å². The zero-order valence-corrected chi connectivity index (χ0v) is 11.6. The summed E-state index contributed by atoms with van der Waals surface area (Å²) in [5.41, 5.74) is 4.30. The van der Waals surface area contributed by atoms with Crippen LogP contribution in [0.25, 0.3) is 0 Å². The molecule has 0 aliphatic rings. The normalized spacial score (nSPS) is 9.89. The summed E-state index contributed by atoms with van der Waals surface area (Å²) in [5.74, 6) is 0. The largest absolute Gasteiger partial charge is 0.384 e. The third-order valence-electron chi connectivity index (χ3n) is 2.79. The molecule has 0 aromatic heterocycles. The van der Waals surface area contributed by atoms with Crippen molar-refractivity contribution in [2.45, 2.75) is 33.8 Å². The maximum atomic E-state index is 10.2. The summed E-state index contributed by atoms with van der Waals surface area (Å²) in [6, 6.07) is 16.0. The van der Waals surface area contributed by atoms with Gasteiger partial charge < -0.3 is 5.11 Å². The first-order chi connectivity index (χ1) is 8.66. The highest BCUT2D eigenvalue weighted by Crippen LogP contribution is 2.22. The Morgan fingerprint density at radius 3 is 1.22 bits per heavy atom. The van der Waals surface area contributed by atoms with Crippen molar-refractivity contribution in [2.24, 2.45) is 0 Å². The summed E-state index contributed by atoms with van der Waals surface area (Å²) in [7, 11) is 0. The van der Waals surface area contributed by atoms with Crippen LogP contribution in [0.2, 0.25) is 0 Å². The maximum absolute atomic E-state index is 10.2. The lowest BCUT2D eigenvalue weighted by atomic mass is 10.00. The Morgan fingerprint density at radius 1 is 0.667 bits per heavy atom. The molecule has 0 atom stereocenters. The smallest absolute Gasteiger partial charge is 0.104 e. The van der Waals surface area contributed by atoms with Gasteiger partial charge in [-0.2, -0.15) is 0 Å². The highest BCUT2D eigenvalue weighted by molar-refractivity contribution is 5.32. The van der Waals surface area contributed by atoms with Crippen molar-refractivity contribution < 1.29 is 5.11 Å². The number of hydrogen-bond acceptors (Lipinski definition) is 1. The van der Waals surface area contributed by atoms with Crippen molar-refractivity contribution in [1.29, 1.82) is 0 Å². The van der Waals surface area contributed by atoms with Crippen LogP contribution in [0.15, 0.2) is 48.5 Å². The van der Waals surface area contributed by atoms with Gasteiger partial charge in [-0.1, -0.05) is 73.5 Å². The Labute approximate surface area is 110 Å². The van der Waals surface area contributed by atoms with Crippen LogP contribution in [-0.4, -0.2) is 5.11 Å². The van der Waals surface area contributed by atoms with Gasteiger partial charge >= 0.3 is 0 Å². The van der Waals surface area contributed by atoms with Crippen LogP contribution in [0.4, 0.5) is 0 Å². The van der Waals surface area contributed by atoms with Gasteiger partial charge in [0.05, 0.1) is 0 Å². The van der Waals surface area contributed by atoms with E-state index >= 15 is 0 Å². The van der Waals surface area contributed by atoms with E-state index in [4.69, 9.17) is 0 Å². The van der Waals surface area contributed by atoms with Crippen LogP contribution in [-0.2, 0) is 0 Å². The Bertz CT molecular complexity index is 408. The molecule has 2 aromatic rings. The summed E-state index contributed by atoms with van der Waals surface area (Å²) in [6.07, 6.45) is -0.527. The summed E-state index contributed by atoms with van der Waals surface area (Å²) < 4.78 is 0. The van der Waals surface area contributed by atoms with Crippen LogP contribution < -0.4 is 0 Å². The molecule has 0 saturated carbocycles. The van der Waals surface area contributed by atoms with E-state index in [9.17, 15) is 5.11 Å². The van der Waals surface area contributed by atoms with Crippen LogP contribution in [0.3, 0.4) is 0 Å². The standard InChI is InChI=1S/C15H16O.C2H6/c1-11-3-7-13(8-4-11)15(16)14-9-5-12(2)6-10-14;1-2/h3-10,15-16H,1-2H3;1-2H3. The van der Waals surface area contributed by atoms with Gasteiger partial charge in [-0.15, -0.1) is 0 Å². The number of aliphatic hydroxyl groups is 1. The van der Waals surface area contributed by atoms with Gasteiger partial charge in [0.1, 0.15) is 6.10 Å². The topological polar surface area (TPSA) is 20.2 Å². The Morgan fingerprint density at radius 2 is 0.944 bits per heavy atom. The van der Waals surface area contributed by atoms with Crippen molar-refractivity contribution in [2.75, 3.05) is 0 Å². The molecule has 0 spiro atoms. The third kappa shape index (κ3) is 3.71. The van der Waals surface area contributed by atoms with Crippen molar-refractivity contribution in [3.8, 4) is 0 Å². The molecule has 2 rings (SSSR count). The van der Waals surface area contributed by atoms with Crippen LogP contribution in [0, 0.1) is 13.8 Å². The molecule has 1 nitrogen and oxygen atoms in total. The van der Waals surface area contributed by atoms with E-state index in [0.717, 1.165) is 11.1 Å². The highest BCUT2D eigenvalue weighted by atomic mass is 16.3. The molecule has 0 unspecified atom stereocenters. The van der Waals surface area contributed by atoms with Gasteiger partial charge in [-0.25, -0.2) is 0 Å². The zero-order valence-electron chi connectivity index (χ0n) is 11.6. The number of aryl methyl sites for hydroxylation is 2. The molecule has 1 heteroatoms. The zero-order chi connectivity index (χ0) is 13.5. The number of rotatable bonds is 2. The molecule has 96 valence electrons. The van der Waals surface area contributed by atoms with Gasteiger partial charge in [-0.3, -0.25) is 0 Å². The van der Waals surface area contributed by atoms with E-state index in [0.29, 0.717) is 0 Å². The average molecular weight is 242 g/mol. The second-order valence-electron chi connectivity index (χ2n) is 4.22. The molecule has 2 aromatic carbocycles. The van der Waals surface area contributed by atoms with Gasteiger partial charge in [-0.05, 0) is 25.0 Å². The lowest BCUT2D eigenvalue weighted by Crippen LogP contribution is -1.99. The molecule has 0 fully saturated rings. The van der Waals surface area contributed by atoms with E-state index in [1.54, 1.807) is 0 Å². The van der Waals surface area contributed by atoms with Crippen LogP contribution >= 0.6 is 0 Å². The quantitative estimate of drug-likeness (QED) is 0.827. The van der Waals surface area contributed by atoms with E-state index in [1.807, 2.05) is 76.2 Å². The first kappa shape index (κ1) is 14.5. The third-order valence-corrected chi connectivity index (χ3v) is 2.79. The second-order valence-corrected chi connectivity index (χ2v) is 4.22. The summed E-state index contributed by atoms with van der Waals surface area (Å²) >= 11 is 0. The molecule has 0 aliphatic heterocycles. The fraction of sp³-hybridized carbons (Fsp3) is 0.294. The molecular weight excluding hydrogens is 220 g/mol. The van der Waals surface area contributed by atoms with Gasteiger partial charge in [0.25, 0.3) is 0 Å². The van der Waals surface area contributed by atoms with Crippen molar-refractivity contribution in [1.82, 2.24) is 0 Å². The fourth-order valence-corrected chi connectivity index (χ4v) is 1.69. The van der Waals surface area contributed by atoms with E-state index in [1.165, 1.54) is 11.1 Å².